The fourth-order valence-electron chi connectivity index (χ4n) is 3.09. The highest BCUT2D eigenvalue weighted by atomic mass is 32.2. The molecule has 0 aromatic heterocycles. The van der Waals surface area contributed by atoms with Gasteiger partial charge in [-0.25, -0.2) is 0 Å². The minimum absolute atomic E-state index is 0.202. The minimum atomic E-state index is -3.64. The Morgan fingerprint density at radius 3 is 2.15 bits per heavy atom. The molecule has 138 valence electrons. The molecule has 26 heavy (non-hydrogen) atoms. The molecule has 1 heterocycles. The number of sulfonamides is 1. The molecule has 1 aliphatic heterocycles. The minimum Gasteiger partial charge on any atom is -0.372 e. The first-order chi connectivity index (χ1) is 12.6. The lowest BCUT2D eigenvalue weighted by molar-refractivity contribution is 0.584. The number of anilines is 1. The number of nitrogens with zero attached hydrogens (tertiary/aromatic N) is 2. The van der Waals surface area contributed by atoms with E-state index in [2.05, 4.69) is 27.0 Å². The van der Waals surface area contributed by atoms with E-state index in [1.165, 1.54) is 31.4 Å². The first-order valence-electron chi connectivity index (χ1n) is 9.03. The third kappa shape index (κ3) is 4.64. The Balaban J connectivity index is 1.69. The summed E-state index contributed by atoms with van der Waals surface area (Å²) in [6.45, 7) is 4.00. The summed E-state index contributed by atoms with van der Waals surface area (Å²) < 4.78 is 24.5. The largest absolute Gasteiger partial charge is 0.372 e. The van der Waals surface area contributed by atoms with E-state index in [1.54, 1.807) is 37.3 Å². The van der Waals surface area contributed by atoms with Crippen molar-refractivity contribution in [3.8, 4) is 0 Å². The third-order valence-corrected chi connectivity index (χ3v) is 5.87. The molecule has 0 unspecified atom stereocenters. The van der Waals surface area contributed by atoms with Gasteiger partial charge in [0.05, 0.1) is 10.6 Å². The molecule has 6 heteroatoms. The standard InChI is InChI=1S/C20H25N3O2S/c1-17(21-22-26(24,25)20-9-5-4-6-10-20)18-11-13-19(14-12-18)23-15-7-2-3-8-16-23/h4-6,9-14,22H,2-3,7-8,15-16H2,1H3/b21-17-. The lowest BCUT2D eigenvalue weighted by Crippen LogP contribution is -2.23. The molecule has 1 fully saturated rings. The van der Waals surface area contributed by atoms with E-state index in [0.29, 0.717) is 5.71 Å². The van der Waals surface area contributed by atoms with Crippen molar-refractivity contribution in [3.63, 3.8) is 0 Å². The maximum absolute atomic E-state index is 12.2. The van der Waals surface area contributed by atoms with Crippen LogP contribution in [0.1, 0.15) is 38.2 Å². The molecular weight excluding hydrogens is 346 g/mol. The molecule has 3 rings (SSSR count). The number of nitrogens with one attached hydrogen (secondary N) is 1. The summed E-state index contributed by atoms with van der Waals surface area (Å²) in [5, 5.41) is 4.06. The molecule has 0 atom stereocenters. The van der Waals surface area contributed by atoms with Gasteiger partial charge in [-0.3, -0.25) is 0 Å². The first kappa shape index (κ1) is 18.5. The Morgan fingerprint density at radius 2 is 1.54 bits per heavy atom. The monoisotopic (exact) mass is 371 g/mol. The van der Waals surface area contributed by atoms with Crippen LogP contribution in [0, 0.1) is 0 Å². The van der Waals surface area contributed by atoms with Gasteiger partial charge in [-0.05, 0) is 49.6 Å². The molecule has 0 aliphatic carbocycles. The summed E-state index contributed by atoms with van der Waals surface area (Å²) in [5.41, 5.74) is 2.75. The van der Waals surface area contributed by atoms with Crippen LogP contribution >= 0.6 is 0 Å². The van der Waals surface area contributed by atoms with Crippen molar-refractivity contribution >= 4 is 21.4 Å². The zero-order chi connectivity index (χ0) is 18.4. The van der Waals surface area contributed by atoms with E-state index in [4.69, 9.17) is 0 Å². The van der Waals surface area contributed by atoms with Crippen LogP contribution in [0.2, 0.25) is 0 Å². The summed E-state index contributed by atoms with van der Waals surface area (Å²) >= 11 is 0. The topological polar surface area (TPSA) is 61.8 Å². The lowest BCUT2D eigenvalue weighted by atomic mass is 10.1. The highest BCUT2D eigenvalue weighted by molar-refractivity contribution is 7.89. The van der Waals surface area contributed by atoms with Gasteiger partial charge in [0.15, 0.2) is 0 Å². The number of hydrogen-bond donors (Lipinski definition) is 1. The summed E-state index contributed by atoms with van der Waals surface area (Å²) in [4.78, 5) is 4.93. The average Bonchev–Trinajstić information content (AvgIpc) is 2.96. The van der Waals surface area contributed by atoms with Crippen LogP contribution in [0.4, 0.5) is 5.69 Å². The van der Waals surface area contributed by atoms with Gasteiger partial charge in [0, 0.05) is 18.8 Å². The predicted octanol–water partition coefficient (Wildman–Crippen LogP) is 3.77. The van der Waals surface area contributed by atoms with E-state index >= 15 is 0 Å². The molecule has 0 radical (unpaired) electrons. The van der Waals surface area contributed by atoms with Gasteiger partial charge in [0.2, 0.25) is 0 Å². The second-order valence-electron chi connectivity index (χ2n) is 6.55. The summed E-state index contributed by atoms with van der Waals surface area (Å²) in [6.07, 6.45) is 5.09. The Kier molecular flexibility index (Phi) is 5.93. The van der Waals surface area contributed by atoms with Crippen molar-refractivity contribution in [2.45, 2.75) is 37.5 Å². The van der Waals surface area contributed by atoms with E-state index in [9.17, 15) is 8.42 Å². The molecule has 1 N–H and O–H groups in total. The number of hydrogen-bond acceptors (Lipinski definition) is 4. The highest BCUT2D eigenvalue weighted by Gasteiger charge is 2.13. The second-order valence-corrected chi connectivity index (χ2v) is 8.21. The molecule has 0 bridgehead atoms. The van der Waals surface area contributed by atoms with Gasteiger partial charge in [0.25, 0.3) is 10.0 Å². The number of rotatable bonds is 5. The van der Waals surface area contributed by atoms with Gasteiger partial charge in [0.1, 0.15) is 0 Å². The SMILES string of the molecule is C/C(=N/NS(=O)(=O)c1ccccc1)c1ccc(N2CCCCCC2)cc1. The molecule has 1 aliphatic rings. The quantitative estimate of drug-likeness (QED) is 0.643. The fraction of sp³-hybridized carbons (Fsp3) is 0.350. The van der Waals surface area contributed by atoms with Crippen molar-refractivity contribution in [2.75, 3.05) is 18.0 Å². The summed E-state index contributed by atoms with van der Waals surface area (Å²) in [5.74, 6) is 0. The van der Waals surface area contributed by atoms with Crippen molar-refractivity contribution in [1.29, 1.82) is 0 Å². The second kappa shape index (κ2) is 8.36. The van der Waals surface area contributed by atoms with Crippen LogP contribution in [0.15, 0.2) is 64.6 Å². The molecule has 0 amide bonds. The van der Waals surface area contributed by atoms with Gasteiger partial charge < -0.3 is 4.90 Å². The average molecular weight is 372 g/mol. The van der Waals surface area contributed by atoms with Crippen LogP contribution < -0.4 is 9.73 Å². The predicted molar refractivity (Wildman–Crippen MR) is 106 cm³/mol. The Hall–Kier alpha value is -2.34. The molecule has 2 aromatic carbocycles. The van der Waals surface area contributed by atoms with Crippen LogP contribution in [0.25, 0.3) is 0 Å². The Bertz CT molecular complexity index is 838. The van der Waals surface area contributed by atoms with Crippen LogP contribution in [0.5, 0.6) is 0 Å². The van der Waals surface area contributed by atoms with Gasteiger partial charge in [-0.1, -0.05) is 43.2 Å². The number of benzene rings is 2. The third-order valence-electron chi connectivity index (χ3n) is 4.64. The van der Waals surface area contributed by atoms with Crippen molar-refractivity contribution in [2.24, 2.45) is 5.10 Å². The normalized spacial score (nSPS) is 16.2. The maximum atomic E-state index is 12.2. The van der Waals surface area contributed by atoms with Gasteiger partial charge in [-0.15, -0.1) is 0 Å². The lowest BCUT2D eigenvalue weighted by Gasteiger charge is -2.22. The summed E-state index contributed by atoms with van der Waals surface area (Å²) in [7, 11) is -3.64. The van der Waals surface area contributed by atoms with E-state index in [0.717, 1.165) is 18.7 Å². The zero-order valence-corrected chi connectivity index (χ0v) is 15.9. The van der Waals surface area contributed by atoms with E-state index in [-0.39, 0.29) is 4.90 Å². The molecule has 0 saturated carbocycles. The van der Waals surface area contributed by atoms with Gasteiger partial charge in [-0.2, -0.15) is 18.4 Å². The molecule has 5 nitrogen and oxygen atoms in total. The smallest absolute Gasteiger partial charge is 0.276 e. The van der Waals surface area contributed by atoms with Crippen LogP contribution in [0.3, 0.4) is 0 Å². The Labute approximate surface area is 155 Å². The first-order valence-corrected chi connectivity index (χ1v) is 10.5. The maximum Gasteiger partial charge on any atom is 0.276 e. The molecule has 0 spiro atoms. The van der Waals surface area contributed by atoms with Gasteiger partial charge >= 0.3 is 0 Å². The van der Waals surface area contributed by atoms with Crippen molar-refractivity contribution < 1.29 is 8.42 Å². The van der Waals surface area contributed by atoms with Crippen LogP contribution in [-0.2, 0) is 10.0 Å². The zero-order valence-electron chi connectivity index (χ0n) is 15.1. The Morgan fingerprint density at radius 1 is 0.923 bits per heavy atom. The molecule has 1 saturated heterocycles. The highest BCUT2D eigenvalue weighted by Crippen LogP contribution is 2.20. The summed E-state index contributed by atoms with van der Waals surface area (Å²) in [6, 6.07) is 16.4. The fourth-order valence-corrected chi connectivity index (χ4v) is 3.97. The van der Waals surface area contributed by atoms with Crippen LogP contribution in [-0.4, -0.2) is 27.2 Å². The molecule has 2 aromatic rings. The molecular formula is C20H25N3O2S. The number of hydrazone groups is 1. The van der Waals surface area contributed by atoms with E-state index in [1.807, 2.05) is 12.1 Å². The van der Waals surface area contributed by atoms with Crippen molar-refractivity contribution in [1.82, 2.24) is 4.83 Å². The van der Waals surface area contributed by atoms with Crippen molar-refractivity contribution in [3.05, 3.63) is 60.2 Å². The van der Waals surface area contributed by atoms with E-state index < -0.39 is 10.0 Å².